The smallest absolute Gasteiger partial charge is 0.255 e. The molecule has 1 N–H and O–H groups in total. The van der Waals surface area contributed by atoms with Gasteiger partial charge in [0, 0.05) is 13.6 Å². The summed E-state index contributed by atoms with van der Waals surface area (Å²) in [6.45, 7) is 2.50. The number of ether oxygens (including phenoxy) is 1. The number of imidazole rings is 1. The zero-order chi connectivity index (χ0) is 24.1. The molecule has 7 nitrogen and oxygen atoms in total. The van der Waals surface area contributed by atoms with Crippen LogP contribution in [0.4, 0.5) is 0 Å². The average Bonchev–Trinajstić information content (AvgIpc) is 3.23. The van der Waals surface area contributed by atoms with Gasteiger partial charge in [0.05, 0.1) is 29.7 Å². The fourth-order valence-corrected chi connectivity index (χ4v) is 3.96. The van der Waals surface area contributed by atoms with E-state index in [-0.39, 0.29) is 18.4 Å². The second-order valence-corrected chi connectivity index (χ2v) is 8.18. The Balaban J connectivity index is 1.58. The second-order valence-electron chi connectivity index (χ2n) is 8.18. The molecule has 0 saturated heterocycles. The van der Waals surface area contributed by atoms with Crippen LogP contribution in [0.3, 0.4) is 0 Å². The molecule has 1 aromatic heterocycles. The highest BCUT2D eigenvalue weighted by molar-refractivity contribution is 5.97. The third kappa shape index (κ3) is 4.93. The third-order valence-corrected chi connectivity index (χ3v) is 5.75. The molecule has 2 amide bonds. The number of rotatable bonds is 8. The molecule has 0 aliphatic heterocycles. The summed E-state index contributed by atoms with van der Waals surface area (Å²) in [6.07, 6.45) is 0. The fourth-order valence-electron chi connectivity index (χ4n) is 3.96. The van der Waals surface area contributed by atoms with Crippen LogP contribution in [0.15, 0.2) is 78.9 Å². The van der Waals surface area contributed by atoms with Crippen molar-refractivity contribution in [3.63, 3.8) is 0 Å². The van der Waals surface area contributed by atoms with Crippen molar-refractivity contribution in [3.05, 3.63) is 95.8 Å². The molecule has 1 heterocycles. The first kappa shape index (κ1) is 23.0. The zero-order valence-corrected chi connectivity index (χ0v) is 19.6. The maximum Gasteiger partial charge on any atom is 0.255 e. The highest BCUT2D eigenvalue weighted by atomic mass is 16.5. The van der Waals surface area contributed by atoms with Gasteiger partial charge in [0.15, 0.2) is 0 Å². The summed E-state index contributed by atoms with van der Waals surface area (Å²) in [5.41, 5.74) is 3.12. The Bertz CT molecular complexity index is 1300. The van der Waals surface area contributed by atoms with Crippen LogP contribution in [-0.4, -0.2) is 40.4 Å². The fraction of sp³-hybridized carbons (Fsp3) is 0.222. The van der Waals surface area contributed by atoms with Gasteiger partial charge in [-0.15, -0.1) is 0 Å². The molecule has 0 saturated carbocycles. The van der Waals surface area contributed by atoms with E-state index < -0.39 is 6.04 Å². The van der Waals surface area contributed by atoms with Crippen molar-refractivity contribution in [2.24, 2.45) is 0 Å². The summed E-state index contributed by atoms with van der Waals surface area (Å²) in [7, 11) is 3.33. The Kier molecular flexibility index (Phi) is 6.92. The first-order chi connectivity index (χ1) is 16.5. The van der Waals surface area contributed by atoms with Gasteiger partial charge in [-0.1, -0.05) is 54.6 Å². The number of hydrogen-bond acceptors (Lipinski definition) is 4. The predicted octanol–water partition coefficient (Wildman–Crippen LogP) is 4.19. The minimum absolute atomic E-state index is 0.0449. The van der Waals surface area contributed by atoms with Gasteiger partial charge in [-0.25, -0.2) is 4.98 Å². The third-order valence-electron chi connectivity index (χ3n) is 5.75. The molecule has 4 aromatic rings. The monoisotopic (exact) mass is 456 g/mol. The maximum atomic E-state index is 13.1. The predicted molar refractivity (Wildman–Crippen MR) is 132 cm³/mol. The van der Waals surface area contributed by atoms with Crippen LogP contribution >= 0.6 is 0 Å². The van der Waals surface area contributed by atoms with E-state index in [0.29, 0.717) is 23.7 Å². The summed E-state index contributed by atoms with van der Waals surface area (Å²) in [5, 5.41) is 3.00. The topological polar surface area (TPSA) is 76.5 Å². The standard InChI is InChI=1S/C27H28N4O3/c1-19(28-27(33)21-13-7-10-16-24(21)34-3)26-29-22-14-8-9-15-23(22)31(26)18-25(32)30(2)17-20-11-5-4-6-12-20/h4-16,19H,17-18H2,1-3H3,(H,28,33). The van der Waals surface area contributed by atoms with E-state index in [9.17, 15) is 9.59 Å². The molecular formula is C27H28N4O3. The van der Waals surface area contributed by atoms with Crippen LogP contribution < -0.4 is 10.1 Å². The first-order valence-electron chi connectivity index (χ1n) is 11.1. The lowest BCUT2D eigenvalue weighted by atomic mass is 10.1. The summed E-state index contributed by atoms with van der Waals surface area (Å²) in [6, 6.07) is 24.2. The van der Waals surface area contributed by atoms with Gasteiger partial charge in [0.1, 0.15) is 18.1 Å². The number of aromatic nitrogens is 2. The summed E-state index contributed by atoms with van der Waals surface area (Å²) < 4.78 is 7.20. The molecule has 3 aromatic carbocycles. The number of nitrogens with zero attached hydrogens (tertiary/aromatic N) is 3. The summed E-state index contributed by atoms with van der Waals surface area (Å²) in [4.78, 5) is 32.5. The lowest BCUT2D eigenvalue weighted by molar-refractivity contribution is -0.131. The molecule has 1 unspecified atom stereocenters. The number of nitrogens with one attached hydrogen (secondary N) is 1. The lowest BCUT2D eigenvalue weighted by Gasteiger charge is -2.21. The molecule has 34 heavy (non-hydrogen) atoms. The van der Waals surface area contributed by atoms with Crippen LogP contribution in [0.1, 0.15) is 34.7 Å². The maximum absolute atomic E-state index is 13.1. The molecule has 0 bridgehead atoms. The highest BCUT2D eigenvalue weighted by Gasteiger charge is 2.22. The van der Waals surface area contributed by atoms with E-state index in [1.165, 1.54) is 7.11 Å². The van der Waals surface area contributed by atoms with E-state index in [0.717, 1.165) is 16.6 Å². The Hall–Kier alpha value is -4.13. The van der Waals surface area contributed by atoms with Crippen molar-refractivity contribution in [2.75, 3.05) is 14.2 Å². The first-order valence-corrected chi connectivity index (χ1v) is 11.1. The number of carbonyl (C=O) groups excluding carboxylic acids is 2. The SMILES string of the molecule is COc1ccccc1C(=O)NC(C)c1nc2ccccc2n1CC(=O)N(C)Cc1ccccc1. The van der Waals surface area contributed by atoms with Gasteiger partial charge >= 0.3 is 0 Å². The Morgan fingerprint density at radius 2 is 1.68 bits per heavy atom. The van der Waals surface area contributed by atoms with Crippen molar-refractivity contribution >= 4 is 22.8 Å². The quantitative estimate of drug-likeness (QED) is 0.431. The van der Waals surface area contributed by atoms with Gasteiger partial charge in [-0.05, 0) is 36.8 Å². The molecule has 4 rings (SSSR count). The van der Waals surface area contributed by atoms with Gasteiger partial charge in [-0.2, -0.15) is 0 Å². The molecular weight excluding hydrogens is 428 g/mol. The average molecular weight is 457 g/mol. The molecule has 0 radical (unpaired) electrons. The Labute approximate surface area is 199 Å². The van der Waals surface area contributed by atoms with Crippen molar-refractivity contribution in [1.29, 1.82) is 0 Å². The molecule has 0 fully saturated rings. The van der Waals surface area contributed by atoms with Crippen molar-refractivity contribution in [3.8, 4) is 5.75 Å². The number of methoxy groups -OCH3 is 1. The molecule has 0 spiro atoms. The van der Waals surface area contributed by atoms with Gasteiger partial charge in [0.25, 0.3) is 5.91 Å². The van der Waals surface area contributed by atoms with E-state index >= 15 is 0 Å². The van der Waals surface area contributed by atoms with E-state index in [1.807, 2.05) is 72.2 Å². The van der Waals surface area contributed by atoms with Gasteiger partial charge in [0.2, 0.25) is 5.91 Å². The molecule has 174 valence electrons. The van der Waals surface area contributed by atoms with E-state index in [4.69, 9.17) is 9.72 Å². The van der Waals surface area contributed by atoms with Crippen LogP contribution in [-0.2, 0) is 17.9 Å². The summed E-state index contributed by atoms with van der Waals surface area (Å²) >= 11 is 0. The minimum Gasteiger partial charge on any atom is -0.496 e. The summed E-state index contributed by atoms with van der Waals surface area (Å²) in [5.74, 6) is 0.803. The molecule has 0 aliphatic rings. The van der Waals surface area contributed by atoms with E-state index in [1.54, 1.807) is 30.1 Å². The number of amides is 2. The van der Waals surface area contributed by atoms with Crippen LogP contribution in [0.25, 0.3) is 11.0 Å². The van der Waals surface area contributed by atoms with Crippen molar-refractivity contribution < 1.29 is 14.3 Å². The number of hydrogen-bond donors (Lipinski definition) is 1. The van der Waals surface area contributed by atoms with Gasteiger partial charge < -0.3 is 19.5 Å². The Morgan fingerprint density at radius 3 is 2.44 bits per heavy atom. The molecule has 1 atom stereocenters. The van der Waals surface area contributed by atoms with Crippen molar-refractivity contribution in [2.45, 2.75) is 26.1 Å². The van der Waals surface area contributed by atoms with Crippen LogP contribution in [0, 0.1) is 0 Å². The van der Waals surface area contributed by atoms with Crippen LogP contribution in [0.2, 0.25) is 0 Å². The zero-order valence-electron chi connectivity index (χ0n) is 19.6. The number of para-hydroxylation sites is 3. The second kappa shape index (κ2) is 10.2. The normalized spacial score (nSPS) is 11.7. The van der Waals surface area contributed by atoms with E-state index in [2.05, 4.69) is 5.32 Å². The van der Waals surface area contributed by atoms with Crippen molar-refractivity contribution in [1.82, 2.24) is 19.8 Å². The largest absolute Gasteiger partial charge is 0.496 e. The molecule has 7 heteroatoms. The molecule has 0 aliphatic carbocycles. The lowest BCUT2D eigenvalue weighted by Crippen LogP contribution is -2.33. The number of fused-ring (bicyclic) bond motifs is 1. The number of benzene rings is 3. The van der Waals surface area contributed by atoms with Crippen LogP contribution in [0.5, 0.6) is 5.75 Å². The van der Waals surface area contributed by atoms with Gasteiger partial charge in [-0.3, -0.25) is 9.59 Å². The minimum atomic E-state index is -0.433. The number of likely N-dealkylation sites (N-methyl/N-ethyl adjacent to an activating group) is 1. The Morgan fingerprint density at radius 1 is 1.00 bits per heavy atom. The number of carbonyl (C=O) groups is 2. The highest BCUT2D eigenvalue weighted by Crippen LogP contribution is 2.23.